The SMILES string of the molecule is CNC(=O)CCNc1ccc(-c2nc3c(NC4CCN(Cc5ccc(OC)cc5)CC4)c(Cl)cnc3[nH]2)cc1. The van der Waals surface area contributed by atoms with Crippen LogP contribution in [-0.4, -0.2) is 65.6 Å². The molecule has 0 unspecified atom stereocenters. The molecule has 10 heteroatoms. The van der Waals surface area contributed by atoms with Crippen molar-refractivity contribution in [2.45, 2.75) is 31.8 Å². The van der Waals surface area contributed by atoms with Crippen molar-refractivity contribution in [1.29, 1.82) is 0 Å². The third-order valence-corrected chi connectivity index (χ3v) is 7.37. The number of rotatable bonds is 10. The van der Waals surface area contributed by atoms with E-state index >= 15 is 0 Å². The van der Waals surface area contributed by atoms with Crippen LogP contribution in [-0.2, 0) is 11.3 Å². The second-order valence-electron chi connectivity index (χ2n) is 9.73. The number of hydrogen-bond acceptors (Lipinski definition) is 7. The first-order chi connectivity index (χ1) is 19.0. The Kier molecular flexibility index (Phi) is 8.48. The van der Waals surface area contributed by atoms with Gasteiger partial charge in [0.1, 0.15) is 17.1 Å². The maximum atomic E-state index is 11.4. The minimum Gasteiger partial charge on any atom is -0.497 e. The van der Waals surface area contributed by atoms with Gasteiger partial charge in [0.05, 0.1) is 24.0 Å². The number of hydrogen-bond donors (Lipinski definition) is 4. The smallest absolute Gasteiger partial charge is 0.221 e. The summed E-state index contributed by atoms with van der Waals surface area (Å²) in [6, 6.07) is 16.5. The van der Waals surface area contributed by atoms with Crippen LogP contribution in [0.15, 0.2) is 54.7 Å². The molecule has 4 aromatic rings. The fourth-order valence-electron chi connectivity index (χ4n) is 4.82. The number of aromatic amines is 1. The van der Waals surface area contributed by atoms with Gasteiger partial charge >= 0.3 is 0 Å². The summed E-state index contributed by atoms with van der Waals surface area (Å²) in [7, 11) is 3.33. The lowest BCUT2D eigenvalue weighted by Crippen LogP contribution is -2.38. The van der Waals surface area contributed by atoms with Gasteiger partial charge in [-0.15, -0.1) is 0 Å². The van der Waals surface area contributed by atoms with Crippen molar-refractivity contribution in [3.05, 3.63) is 65.3 Å². The maximum absolute atomic E-state index is 11.4. The Morgan fingerprint density at radius 1 is 1.13 bits per heavy atom. The average molecular weight is 548 g/mol. The fourth-order valence-corrected chi connectivity index (χ4v) is 5.02. The van der Waals surface area contributed by atoms with Crippen molar-refractivity contribution in [3.8, 4) is 17.1 Å². The number of anilines is 2. The molecule has 1 saturated heterocycles. The molecule has 0 aliphatic carbocycles. The number of methoxy groups -OCH3 is 1. The van der Waals surface area contributed by atoms with E-state index in [9.17, 15) is 4.79 Å². The summed E-state index contributed by atoms with van der Waals surface area (Å²) >= 11 is 6.60. The predicted molar refractivity (Wildman–Crippen MR) is 156 cm³/mol. The first-order valence-electron chi connectivity index (χ1n) is 13.2. The number of carbonyl (C=O) groups excluding carboxylic acids is 1. The van der Waals surface area contributed by atoms with Crippen LogP contribution in [0.3, 0.4) is 0 Å². The third-order valence-electron chi connectivity index (χ3n) is 7.09. The number of carbonyl (C=O) groups is 1. The van der Waals surface area contributed by atoms with E-state index in [2.05, 4.69) is 43.0 Å². The second-order valence-corrected chi connectivity index (χ2v) is 10.1. The Labute approximate surface area is 233 Å². The number of imidazole rings is 1. The van der Waals surface area contributed by atoms with E-state index < -0.39 is 0 Å². The molecule has 2 aromatic carbocycles. The molecule has 204 valence electrons. The molecule has 4 N–H and O–H groups in total. The van der Waals surface area contributed by atoms with Crippen molar-refractivity contribution in [2.24, 2.45) is 0 Å². The number of amides is 1. The van der Waals surface area contributed by atoms with Crippen molar-refractivity contribution in [2.75, 3.05) is 44.4 Å². The molecule has 1 aliphatic rings. The Bertz CT molecular complexity index is 1400. The molecule has 1 fully saturated rings. The summed E-state index contributed by atoms with van der Waals surface area (Å²) < 4.78 is 5.27. The molecule has 0 spiro atoms. The molecule has 0 radical (unpaired) electrons. The van der Waals surface area contributed by atoms with Gasteiger partial charge < -0.3 is 25.7 Å². The Balaban J connectivity index is 1.22. The number of likely N-dealkylation sites (tertiary alicyclic amines) is 1. The summed E-state index contributed by atoms with van der Waals surface area (Å²) in [6.07, 6.45) is 4.13. The van der Waals surface area contributed by atoms with Crippen LogP contribution in [0.5, 0.6) is 5.75 Å². The Morgan fingerprint density at radius 2 is 1.87 bits per heavy atom. The molecular weight excluding hydrogens is 514 g/mol. The van der Waals surface area contributed by atoms with Gasteiger partial charge in [0, 0.05) is 56.9 Å². The Morgan fingerprint density at radius 3 is 2.56 bits per heavy atom. The molecule has 0 saturated carbocycles. The predicted octanol–water partition coefficient (Wildman–Crippen LogP) is 4.91. The molecule has 2 aromatic heterocycles. The van der Waals surface area contributed by atoms with E-state index in [1.165, 1.54) is 5.56 Å². The molecule has 9 nitrogen and oxygen atoms in total. The van der Waals surface area contributed by atoms with Crippen LogP contribution in [0.2, 0.25) is 5.02 Å². The topological polar surface area (TPSA) is 107 Å². The minimum absolute atomic E-state index is 0.0103. The van der Waals surface area contributed by atoms with Crippen LogP contribution < -0.4 is 20.7 Å². The van der Waals surface area contributed by atoms with Crippen molar-refractivity contribution >= 4 is 40.0 Å². The largest absolute Gasteiger partial charge is 0.497 e. The monoisotopic (exact) mass is 547 g/mol. The number of pyridine rings is 1. The van der Waals surface area contributed by atoms with Gasteiger partial charge in [0.25, 0.3) is 0 Å². The molecule has 1 amide bonds. The van der Waals surface area contributed by atoms with E-state index in [-0.39, 0.29) is 5.91 Å². The maximum Gasteiger partial charge on any atom is 0.221 e. The number of piperidine rings is 1. The van der Waals surface area contributed by atoms with Gasteiger partial charge in [-0.2, -0.15) is 0 Å². The van der Waals surface area contributed by atoms with E-state index in [1.54, 1.807) is 20.4 Å². The lowest BCUT2D eigenvalue weighted by Gasteiger charge is -2.33. The number of aromatic nitrogens is 3. The highest BCUT2D eigenvalue weighted by Gasteiger charge is 2.22. The number of ether oxygens (including phenoxy) is 1. The molecule has 0 bridgehead atoms. The number of nitrogens with one attached hydrogen (secondary N) is 4. The van der Waals surface area contributed by atoms with Gasteiger partial charge in [0.15, 0.2) is 5.65 Å². The molecule has 1 aliphatic heterocycles. The number of H-pyrrole nitrogens is 1. The van der Waals surface area contributed by atoms with Crippen LogP contribution in [0.1, 0.15) is 24.8 Å². The van der Waals surface area contributed by atoms with Gasteiger partial charge in [-0.05, 0) is 54.8 Å². The van der Waals surface area contributed by atoms with Gasteiger partial charge in [-0.1, -0.05) is 23.7 Å². The average Bonchev–Trinajstić information content (AvgIpc) is 3.41. The zero-order valence-electron chi connectivity index (χ0n) is 22.3. The lowest BCUT2D eigenvalue weighted by molar-refractivity contribution is -0.120. The van der Waals surface area contributed by atoms with Gasteiger partial charge in [-0.25, -0.2) is 9.97 Å². The summed E-state index contributed by atoms with van der Waals surface area (Å²) in [5, 5.41) is 10.1. The normalized spacial score (nSPS) is 14.3. The summed E-state index contributed by atoms with van der Waals surface area (Å²) in [5.41, 5.74) is 5.44. The number of nitrogens with zero attached hydrogens (tertiary/aromatic N) is 3. The van der Waals surface area contributed by atoms with Crippen molar-refractivity contribution in [3.63, 3.8) is 0 Å². The second kappa shape index (κ2) is 12.4. The zero-order chi connectivity index (χ0) is 27.2. The number of fused-ring (bicyclic) bond motifs is 1. The van der Waals surface area contributed by atoms with E-state index in [4.69, 9.17) is 21.3 Å². The number of halogens is 1. The summed E-state index contributed by atoms with van der Waals surface area (Å²) in [5.74, 6) is 1.62. The van der Waals surface area contributed by atoms with E-state index in [0.717, 1.165) is 66.5 Å². The summed E-state index contributed by atoms with van der Waals surface area (Å²) in [4.78, 5) is 26.6. The first kappa shape index (κ1) is 26.8. The van der Waals surface area contributed by atoms with Crippen LogP contribution in [0.25, 0.3) is 22.6 Å². The van der Waals surface area contributed by atoms with Crippen LogP contribution in [0, 0.1) is 0 Å². The van der Waals surface area contributed by atoms with Gasteiger partial charge in [-0.3, -0.25) is 9.69 Å². The lowest BCUT2D eigenvalue weighted by atomic mass is 10.0. The van der Waals surface area contributed by atoms with Crippen molar-refractivity contribution < 1.29 is 9.53 Å². The molecule has 0 atom stereocenters. The minimum atomic E-state index is 0.0103. The molecule has 3 heterocycles. The Hall–Kier alpha value is -3.82. The first-order valence-corrected chi connectivity index (χ1v) is 13.6. The highest BCUT2D eigenvalue weighted by atomic mass is 35.5. The van der Waals surface area contributed by atoms with Gasteiger partial charge in [0.2, 0.25) is 5.91 Å². The highest BCUT2D eigenvalue weighted by molar-refractivity contribution is 6.34. The number of benzene rings is 2. The summed E-state index contributed by atoms with van der Waals surface area (Å²) in [6.45, 7) is 3.51. The quantitative estimate of drug-likeness (QED) is 0.223. The van der Waals surface area contributed by atoms with Crippen LogP contribution >= 0.6 is 11.6 Å². The van der Waals surface area contributed by atoms with E-state index in [1.807, 2.05) is 36.4 Å². The third kappa shape index (κ3) is 6.61. The molecule has 5 rings (SSSR count). The van der Waals surface area contributed by atoms with Crippen molar-refractivity contribution in [1.82, 2.24) is 25.2 Å². The fraction of sp³-hybridized carbons (Fsp3) is 0.345. The zero-order valence-corrected chi connectivity index (χ0v) is 23.0. The highest BCUT2D eigenvalue weighted by Crippen LogP contribution is 2.32. The standard InChI is InChI=1S/C29H34ClN7O2/c1-31-25(38)11-14-32-21-7-5-20(6-8-21)28-35-27-26(24(30)17-33-29(27)36-28)34-22-12-15-37(16-13-22)18-19-3-9-23(39-2)10-4-19/h3-10,17,22,32H,11-16,18H2,1-2H3,(H,31,38)(H2,33,34,35,36). The molecule has 39 heavy (non-hydrogen) atoms. The molecular formula is C29H34ClN7O2. The van der Waals surface area contributed by atoms with E-state index in [0.29, 0.717) is 29.7 Å². The van der Waals surface area contributed by atoms with Crippen LogP contribution in [0.4, 0.5) is 11.4 Å².